The van der Waals surface area contributed by atoms with Crippen LogP contribution in [0.1, 0.15) is 22.3 Å². The Hall–Kier alpha value is -2.50. The first-order valence-corrected chi connectivity index (χ1v) is 12.8. The molecule has 2 nitrogen and oxygen atoms in total. The van der Waals surface area contributed by atoms with E-state index in [0.717, 1.165) is 0 Å². The average Bonchev–Trinajstić information content (AvgIpc) is 3.31. The van der Waals surface area contributed by atoms with E-state index in [2.05, 4.69) is 0 Å². The highest BCUT2D eigenvalue weighted by Gasteiger charge is 2.88. The Morgan fingerprint density at radius 3 is 1.56 bits per heavy atom. The Morgan fingerprint density at radius 2 is 1.03 bits per heavy atom. The van der Waals surface area contributed by atoms with Crippen LogP contribution in [0.2, 0.25) is 0 Å². The second kappa shape index (κ2) is 7.50. The van der Waals surface area contributed by atoms with E-state index in [-0.39, 0.29) is 4.90 Å². The highest BCUT2D eigenvalue weighted by molar-refractivity contribution is 7.86. The maximum Gasteiger partial charge on any atom is 0.262 e. The van der Waals surface area contributed by atoms with E-state index in [9.17, 15) is 4.21 Å². The number of fused-ring (bicyclic) bond motifs is 5. The molecule has 0 radical (unpaired) electrons. The zero-order chi connectivity index (χ0) is 23.6. The zero-order valence-corrected chi connectivity index (χ0v) is 20.2. The molecule has 6 heteroatoms. The molecule has 0 spiro atoms. The van der Waals surface area contributed by atoms with E-state index in [4.69, 9.17) is 27.9 Å². The minimum Gasteiger partial charge on any atom is -0.342 e. The summed E-state index contributed by atoms with van der Waals surface area (Å²) in [6.07, 6.45) is 0. The summed E-state index contributed by atoms with van der Waals surface area (Å²) in [5.41, 5.74) is -1.10. The van der Waals surface area contributed by atoms with Crippen LogP contribution in [0.25, 0.3) is 0 Å². The molecule has 4 unspecified atom stereocenters. The molecule has 6 rings (SSSR count). The maximum atomic E-state index is 18.1. The lowest BCUT2D eigenvalue weighted by Gasteiger charge is -2.46. The molecule has 0 amide bonds. The Kier molecular flexibility index (Phi) is 4.85. The number of hydrogen-bond acceptors (Lipinski definition) is 2. The van der Waals surface area contributed by atoms with Gasteiger partial charge in [0.05, 0.1) is 10.8 Å². The van der Waals surface area contributed by atoms with Gasteiger partial charge in [-0.2, -0.15) is 0 Å². The number of benzene rings is 4. The van der Waals surface area contributed by atoms with Gasteiger partial charge in [0, 0.05) is 4.90 Å². The van der Waals surface area contributed by atoms with Crippen molar-refractivity contribution in [3.05, 3.63) is 138 Å². The van der Waals surface area contributed by atoms with Crippen molar-refractivity contribution in [2.45, 2.75) is 25.4 Å². The third kappa shape index (κ3) is 2.42. The van der Waals surface area contributed by atoms with Crippen LogP contribution >= 0.6 is 23.2 Å². The number of rotatable bonds is 4. The molecule has 2 bridgehead atoms. The molecule has 1 fully saturated rings. The van der Waals surface area contributed by atoms with Crippen LogP contribution in [-0.4, -0.2) is 13.5 Å². The first kappa shape index (κ1) is 22.0. The standard InChI is InChI=1S/C28H19Cl2FO2S/c29-27(30)25(20-12-4-1-5-13-20)23-18-10-11-19-24(23)26(33-25,21-14-6-2-7-15-21)28(27,31)34(32)22-16-8-3-9-17-22/h1-19H. The third-order valence-electron chi connectivity index (χ3n) is 6.86. The van der Waals surface area contributed by atoms with Crippen molar-refractivity contribution in [2.24, 2.45) is 0 Å². The van der Waals surface area contributed by atoms with Crippen molar-refractivity contribution < 1.29 is 13.3 Å². The summed E-state index contributed by atoms with van der Waals surface area (Å²) in [4.78, 5) is 0.280. The predicted octanol–water partition coefficient (Wildman–Crippen LogP) is 6.87. The molecule has 1 saturated heterocycles. The molecule has 4 aromatic carbocycles. The number of alkyl halides is 3. The van der Waals surface area contributed by atoms with Crippen LogP contribution in [-0.2, 0) is 26.7 Å². The molecular weight excluding hydrogens is 490 g/mol. The van der Waals surface area contributed by atoms with Crippen molar-refractivity contribution in [3.8, 4) is 0 Å². The first-order valence-electron chi connectivity index (χ1n) is 10.9. The van der Waals surface area contributed by atoms with Gasteiger partial charge in [0.25, 0.3) is 5.00 Å². The van der Waals surface area contributed by atoms with Gasteiger partial charge in [0.1, 0.15) is 0 Å². The van der Waals surface area contributed by atoms with Crippen molar-refractivity contribution in [3.63, 3.8) is 0 Å². The van der Waals surface area contributed by atoms with E-state index < -0.39 is 31.3 Å². The van der Waals surface area contributed by atoms with Crippen molar-refractivity contribution >= 4 is 34.0 Å². The summed E-state index contributed by atoms with van der Waals surface area (Å²) in [6, 6.07) is 33.9. The summed E-state index contributed by atoms with van der Waals surface area (Å²) in [5.74, 6) is 0. The summed E-state index contributed by atoms with van der Waals surface area (Å²) in [7, 11) is -2.30. The predicted molar refractivity (Wildman–Crippen MR) is 133 cm³/mol. The minimum absolute atomic E-state index is 0.280. The Labute approximate surface area is 209 Å². The summed E-state index contributed by atoms with van der Waals surface area (Å²) in [6.45, 7) is 0. The second-order valence-corrected chi connectivity index (χ2v) is 11.4. The number of ether oxygens (including phenoxy) is 1. The van der Waals surface area contributed by atoms with Crippen LogP contribution in [0.15, 0.2) is 120 Å². The topological polar surface area (TPSA) is 26.3 Å². The van der Waals surface area contributed by atoms with E-state index in [1.807, 2.05) is 60.7 Å². The molecule has 2 heterocycles. The van der Waals surface area contributed by atoms with E-state index in [1.165, 1.54) is 0 Å². The fraction of sp³-hybridized carbons (Fsp3) is 0.143. The Balaban J connectivity index is 1.77. The minimum atomic E-state index is -2.74. The third-order valence-corrected chi connectivity index (χ3v) is 9.95. The van der Waals surface area contributed by atoms with Crippen LogP contribution in [0.5, 0.6) is 0 Å². The van der Waals surface area contributed by atoms with Gasteiger partial charge in [-0.15, -0.1) is 0 Å². The zero-order valence-electron chi connectivity index (χ0n) is 17.8. The summed E-state index contributed by atoms with van der Waals surface area (Å²) >= 11 is 14.3. The largest absolute Gasteiger partial charge is 0.342 e. The van der Waals surface area contributed by atoms with E-state index in [0.29, 0.717) is 22.3 Å². The molecule has 0 N–H and O–H groups in total. The van der Waals surface area contributed by atoms with Crippen LogP contribution in [0, 0.1) is 0 Å². The molecule has 4 atom stereocenters. The van der Waals surface area contributed by atoms with Crippen molar-refractivity contribution in [2.75, 3.05) is 0 Å². The normalized spacial score (nSPS) is 29.5. The smallest absolute Gasteiger partial charge is 0.262 e. The Bertz CT molecular complexity index is 1400. The molecule has 34 heavy (non-hydrogen) atoms. The van der Waals surface area contributed by atoms with E-state index >= 15 is 4.39 Å². The quantitative estimate of drug-likeness (QED) is 0.281. The van der Waals surface area contributed by atoms with Crippen LogP contribution in [0.4, 0.5) is 4.39 Å². The summed E-state index contributed by atoms with van der Waals surface area (Å²) in [5, 5.41) is -2.74. The van der Waals surface area contributed by atoms with Crippen molar-refractivity contribution in [1.82, 2.24) is 0 Å². The molecule has 170 valence electrons. The lowest BCUT2D eigenvalue weighted by molar-refractivity contribution is -0.0621. The van der Waals surface area contributed by atoms with Gasteiger partial charge < -0.3 is 4.74 Å². The van der Waals surface area contributed by atoms with E-state index in [1.54, 1.807) is 54.6 Å². The second-order valence-electron chi connectivity index (χ2n) is 8.49. The maximum absolute atomic E-state index is 18.1. The Morgan fingerprint density at radius 1 is 0.618 bits per heavy atom. The lowest BCUT2D eigenvalue weighted by atomic mass is 9.69. The van der Waals surface area contributed by atoms with Gasteiger partial charge in [-0.25, -0.2) is 4.39 Å². The highest BCUT2D eigenvalue weighted by atomic mass is 35.5. The fourth-order valence-electron chi connectivity index (χ4n) is 5.45. The van der Waals surface area contributed by atoms with Gasteiger partial charge in [0.2, 0.25) is 4.33 Å². The summed E-state index contributed by atoms with van der Waals surface area (Å²) < 4.78 is 36.9. The van der Waals surface area contributed by atoms with Gasteiger partial charge in [0.15, 0.2) is 11.2 Å². The monoisotopic (exact) mass is 508 g/mol. The van der Waals surface area contributed by atoms with Crippen molar-refractivity contribution in [1.29, 1.82) is 0 Å². The first-order chi connectivity index (χ1) is 16.4. The van der Waals surface area contributed by atoms with Gasteiger partial charge in [-0.05, 0) is 34.4 Å². The molecule has 0 aromatic heterocycles. The molecular formula is C28H19Cl2FO2S. The van der Waals surface area contributed by atoms with Crippen LogP contribution in [0.3, 0.4) is 0 Å². The molecule has 0 aliphatic carbocycles. The van der Waals surface area contributed by atoms with Gasteiger partial charge in [-0.3, -0.25) is 4.21 Å². The fourth-order valence-corrected chi connectivity index (χ4v) is 8.27. The number of hydrogen-bond donors (Lipinski definition) is 0. The highest BCUT2D eigenvalue weighted by Crippen LogP contribution is 2.77. The van der Waals surface area contributed by atoms with Gasteiger partial charge >= 0.3 is 0 Å². The average molecular weight is 509 g/mol. The molecule has 4 aromatic rings. The molecule has 2 aliphatic heterocycles. The number of halogens is 3. The van der Waals surface area contributed by atoms with Crippen LogP contribution < -0.4 is 0 Å². The lowest BCUT2D eigenvalue weighted by Crippen LogP contribution is -2.62. The SMILES string of the molecule is O=S(c1ccccc1)C1(F)C2(c3ccccc3)OC(c3ccccc3)(c3ccccc32)C1(Cl)Cl. The molecule has 0 saturated carbocycles. The molecule has 2 aliphatic rings. The van der Waals surface area contributed by atoms with Gasteiger partial charge in [-0.1, -0.05) is 126 Å².